The predicted octanol–water partition coefficient (Wildman–Crippen LogP) is 4.51. The monoisotopic (exact) mass is 240 g/mol. The van der Waals surface area contributed by atoms with Crippen LogP contribution in [0.1, 0.15) is 5.56 Å². The molecule has 0 heterocycles. The van der Waals surface area contributed by atoms with Gasteiger partial charge in [0.15, 0.2) is 0 Å². The average Bonchev–Trinajstić information content (AvgIpc) is 2.29. The number of hydrogen-bond donors (Lipinski definition) is 0. The molecule has 2 rings (SSSR count). The molecule has 0 amide bonds. The Balaban J connectivity index is 2.56. The van der Waals surface area contributed by atoms with E-state index < -0.39 is 17.6 Å². The van der Waals surface area contributed by atoms with Crippen molar-refractivity contribution in [2.75, 3.05) is 0 Å². The summed E-state index contributed by atoms with van der Waals surface area (Å²) in [6.07, 6.45) is -4.41. The number of alkyl halides is 3. The highest BCUT2D eigenvalue weighted by atomic mass is 19.4. The maximum Gasteiger partial charge on any atom is 0.417 e. The van der Waals surface area contributed by atoms with Crippen LogP contribution in [0.25, 0.3) is 11.1 Å². The van der Waals surface area contributed by atoms with Gasteiger partial charge in [0.1, 0.15) is 5.82 Å². The second-order valence-electron chi connectivity index (χ2n) is 3.55. The Morgan fingerprint density at radius 1 is 0.765 bits per heavy atom. The summed E-state index contributed by atoms with van der Waals surface area (Å²) in [7, 11) is 0. The van der Waals surface area contributed by atoms with E-state index in [2.05, 4.69) is 0 Å². The highest BCUT2D eigenvalue weighted by Crippen LogP contribution is 2.36. The fourth-order valence-electron chi connectivity index (χ4n) is 1.61. The van der Waals surface area contributed by atoms with Crippen LogP contribution in [-0.2, 0) is 6.18 Å². The van der Waals surface area contributed by atoms with Crippen LogP contribution >= 0.6 is 0 Å². The van der Waals surface area contributed by atoms with E-state index in [1.54, 1.807) is 0 Å². The first-order chi connectivity index (χ1) is 7.98. The lowest BCUT2D eigenvalue weighted by Gasteiger charge is -2.12. The molecule has 0 fully saturated rings. The topological polar surface area (TPSA) is 0 Å². The number of halogens is 4. The molecule has 88 valence electrons. The van der Waals surface area contributed by atoms with E-state index in [1.165, 1.54) is 30.3 Å². The second-order valence-corrected chi connectivity index (χ2v) is 3.55. The van der Waals surface area contributed by atoms with Gasteiger partial charge >= 0.3 is 6.18 Å². The Hall–Kier alpha value is -1.84. The van der Waals surface area contributed by atoms with Crippen molar-refractivity contribution in [2.24, 2.45) is 0 Å². The summed E-state index contributed by atoms with van der Waals surface area (Å²) < 4.78 is 50.9. The van der Waals surface area contributed by atoms with Crippen LogP contribution in [-0.4, -0.2) is 0 Å². The van der Waals surface area contributed by atoms with E-state index >= 15 is 0 Å². The van der Waals surface area contributed by atoms with E-state index in [0.29, 0.717) is 5.56 Å². The third-order valence-electron chi connectivity index (χ3n) is 2.39. The summed E-state index contributed by atoms with van der Waals surface area (Å²) in [4.78, 5) is 0. The fourth-order valence-corrected chi connectivity index (χ4v) is 1.61. The maximum atomic E-state index is 12.7. The minimum Gasteiger partial charge on any atom is -0.207 e. The molecular formula is C13H8F4. The van der Waals surface area contributed by atoms with Gasteiger partial charge in [0.05, 0.1) is 5.56 Å². The zero-order valence-corrected chi connectivity index (χ0v) is 8.63. The third-order valence-corrected chi connectivity index (χ3v) is 2.39. The van der Waals surface area contributed by atoms with E-state index in [1.807, 2.05) is 0 Å². The van der Waals surface area contributed by atoms with Gasteiger partial charge in [-0.2, -0.15) is 13.2 Å². The van der Waals surface area contributed by atoms with Crippen LogP contribution < -0.4 is 0 Å². The molecule has 0 radical (unpaired) electrons. The van der Waals surface area contributed by atoms with Crippen molar-refractivity contribution >= 4 is 0 Å². The summed E-state index contributed by atoms with van der Waals surface area (Å²) in [6.45, 7) is 0. The Morgan fingerprint density at radius 2 is 1.35 bits per heavy atom. The Kier molecular flexibility index (Phi) is 2.88. The summed E-state index contributed by atoms with van der Waals surface area (Å²) in [5, 5.41) is 0. The lowest BCUT2D eigenvalue weighted by Crippen LogP contribution is -2.06. The smallest absolute Gasteiger partial charge is 0.207 e. The van der Waals surface area contributed by atoms with Gasteiger partial charge in [-0.15, -0.1) is 0 Å². The second kappa shape index (κ2) is 4.20. The van der Waals surface area contributed by atoms with E-state index in [4.69, 9.17) is 0 Å². The van der Waals surface area contributed by atoms with E-state index in [-0.39, 0.29) is 5.56 Å². The van der Waals surface area contributed by atoms with Gasteiger partial charge in [0.25, 0.3) is 0 Å². The molecule has 2 aromatic rings. The van der Waals surface area contributed by atoms with Crippen LogP contribution in [0.2, 0.25) is 0 Å². The first-order valence-corrected chi connectivity index (χ1v) is 4.90. The van der Waals surface area contributed by atoms with Gasteiger partial charge in [0.2, 0.25) is 0 Å². The normalized spacial score (nSPS) is 11.5. The van der Waals surface area contributed by atoms with Crippen molar-refractivity contribution in [3.63, 3.8) is 0 Å². The van der Waals surface area contributed by atoms with Crippen molar-refractivity contribution in [1.82, 2.24) is 0 Å². The summed E-state index contributed by atoms with van der Waals surface area (Å²) >= 11 is 0. The molecule has 4 heteroatoms. The molecule has 0 aromatic heterocycles. The van der Waals surface area contributed by atoms with Crippen LogP contribution in [0.3, 0.4) is 0 Å². The zero-order chi connectivity index (χ0) is 12.5. The Morgan fingerprint density at radius 3 is 1.94 bits per heavy atom. The Bertz CT molecular complexity index is 512. The van der Waals surface area contributed by atoms with Crippen LogP contribution in [0.5, 0.6) is 0 Å². The van der Waals surface area contributed by atoms with E-state index in [9.17, 15) is 17.6 Å². The molecule has 0 saturated carbocycles. The minimum absolute atomic E-state index is 0.0556. The van der Waals surface area contributed by atoms with Gasteiger partial charge in [-0.1, -0.05) is 30.3 Å². The predicted molar refractivity (Wildman–Crippen MR) is 56.8 cm³/mol. The van der Waals surface area contributed by atoms with Crippen molar-refractivity contribution in [2.45, 2.75) is 6.18 Å². The Labute approximate surface area is 95.5 Å². The molecule has 0 spiro atoms. The van der Waals surface area contributed by atoms with E-state index in [0.717, 1.165) is 18.2 Å². The van der Waals surface area contributed by atoms with Crippen LogP contribution in [0.4, 0.5) is 17.6 Å². The van der Waals surface area contributed by atoms with Gasteiger partial charge in [0, 0.05) is 0 Å². The number of rotatable bonds is 1. The quantitative estimate of drug-likeness (QED) is 0.643. The van der Waals surface area contributed by atoms with Crippen molar-refractivity contribution in [3.8, 4) is 11.1 Å². The lowest BCUT2D eigenvalue weighted by atomic mass is 9.99. The summed E-state index contributed by atoms with van der Waals surface area (Å²) in [5.41, 5.74) is -0.314. The van der Waals surface area contributed by atoms with Crippen molar-refractivity contribution in [1.29, 1.82) is 0 Å². The molecule has 0 saturated heterocycles. The summed E-state index contributed by atoms with van der Waals surface area (Å²) in [5.74, 6) is -0.474. The molecule has 0 aliphatic heterocycles. The third kappa shape index (κ3) is 2.46. The zero-order valence-electron chi connectivity index (χ0n) is 8.63. The molecule has 0 nitrogen and oxygen atoms in total. The van der Waals surface area contributed by atoms with Crippen LogP contribution in [0.15, 0.2) is 48.5 Å². The maximum absolute atomic E-state index is 12.7. The molecule has 0 N–H and O–H groups in total. The minimum atomic E-state index is -4.41. The fraction of sp³-hybridized carbons (Fsp3) is 0.0769. The molecule has 0 atom stereocenters. The molecule has 0 aliphatic carbocycles. The van der Waals surface area contributed by atoms with Gasteiger partial charge in [-0.25, -0.2) is 4.39 Å². The van der Waals surface area contributed by atoms with Gasteiger partial charge in [-0.05, 0) is 29.3 Å². The molecule has 0 bridgehead atoms. The lowest BCUT2D eigenvalue weighted by molar-refractivity contribution is -0.137. The highest BCUT2D eigenvalue weighted by Gasteiger charge is 2.33. The molecular weight excluding hydrogens is 232 g/mol. The SMILES string of the molecule is Fc1ccc(-c2ccccc2C(F)(F)F)cc1. The highest BCUT2D eigenvalue weighted by molar-refractivity contribution is 5.67. The summed E-state index contributed by atoms with van der Waals surface area (Å²) in [6, 6.07) is 10.2. The first-order valence-electron chi connectivity index (χ1n) is 4.90. The largest absolute Gasteiger partial charge is 0.417 e. The number of benzene rings is 2. The average molecular weight is 240 g/mol. The standard InChI is InChI=1S/C13H8F4/c14-10-7-5-9(6-8-10)11-3-1-2-4-12(11)13(15,16)17/h1-8H. The van der Waals surface area contributed by atoms with Crippen LogP contribution in [0, 0.1) is 5.82 Å². The molecule has 0 aliphatic rings. The van der Waals surface area contributed by atoms with Gasteiger partial charge in [-0.3, -0.25) is 0 Å². The van der Waals surface area contributed by atoms with Crippen molar-refractivity contribution in [3.05, 3.63) is 59.9 Å². The van der Waals surface area contributed by atoms with Gasteiger partial charge < -0.3 is 0 Å². The molecule has 2 aromatic carbocycles. The molecule has 17 heavy (non-hydrogen) atoms. The molecule has 0 unspecified atom stereocenters. The van der Waals surface area contributed by atoms with Crippen molar-refractivity contribution < 1.29 is 17.6 Å². The first kappa shape index (κ1) is 11.6. The number of hydrogen-bond acceptors (Lipinski definition) is 0.